The molecule has 0 aromatic heterocycles. The first kappa shape index (κ1) is 20.5. The largest absolute Gasteiger partial charge is 0.481 e. The molecule has 0 bridgehead atoms. The second-order valence-electron chi connectivity index (χ2n) is 7.24. The third-order valence-electron chi connectivity index (χ3n) is 5.23. The number of carbonyl (C=O) groups is 2. The van der Waals surface area contributed by atoms with Gasteiger partial charge < -0.3 is 10.0 Å². The summed E-state index contributed by atoms with van der Waals surface area (Å²) in [4.78, 5) is 24.6. The van der Waals surface area contributed by atoms with E-state index >= 15 is 0 Å². The van der Waals surface area contributed by atoms with Crippen LogP contribution in [0.1, 0.15) is 50.5 Å². The molecule has 1 aliphatic heterocycles. The highest BCUT2D eigenvalue weighted by molar-refractivity contribution is 7.89. The Morgan fingerprint density at radius 1 is 1.14 bits per heavy atom. The molecule has 3 rings (SSSR count). The minimum atomic E-state index is -3.60. The van der Waals surface area contributed by atoms with Crippen molar-refractivity contribution in [2.75, 3.05) is 18.0 Å². The minimum Gasteiger partial charge on any atom is -0.481 e. The van der Waals surface area contributed by atoms with Crippen LogP contribution in [0.4, 0.5) is 5.69 Å². The van der Waals surface area contributed by atoms with Gasteiger partial charge in [-0.1, -0.05) is 11.6 Å². The van der Waals surface area contributed by atoms with Crippen molar-refractivity contribution in [3.63, 3.8) is 0 Å². The molecule has 0 atom stereocenters. The lowest BCUT2D eigenvalue weighted by Gasteiger charge is -2.17. The van der Waals surface area contributed by atoms with Crippen molar-refractivity contribution in [3.8, 4) is 0 Å². The van der Waals surface area contributed by atoms with E-state index in [0.717, 1.165) is 24.8 Å². The molecule has 2 N–H and O–H groups in total. The molecule has 152 valence electrons. The molecule has 1 aromatic carbocycles. The van der Waals surface area contributed by atoms with Crippen LogP contribution < -0.4 is 9.62 Å². The topological polar surface area (TPSA) is 104 Å². The first-order valence-electron chi connectivity index (χ1n) is 9.69. The first-order chi connectivity index (χ1) is 13.4. The van der Waals surface area contributed by atoms with E-state index in [1.54, 1.807) is 12.1 Å². The zero-order valence-electron chi connectivity index (χ0n) is 15.8. The summed E-state index contributed by atoms with van der Waals surface area (Å²) in [6, 6.07) is 4.76. The molecule has 0 saturated heterocycles. The Hall–Kier alpha value is -2.19. The van der Waals surface area contributed by atoms with Crippen molar-refractivity contribution < 1.29 is 23.1 Å². The lowest BCUT2D eigenvalue weighted by Crippen LogP contribution is -2.29. The van der Waals surface area contributed by atoms with Gasteiger partial charge in [-0.2, -0.15) is 0 Å². The van der Waals surface area contributed by atoms with Crippen molar-refractivity contribution in [3.05, 3.63) is 35.4 Å². The third-order valence-corrected chi connectivity index (χ3v) is 6.69. The van der Waals surface area contributed by atoms with Crippen molar-refractivity contribution >= 4 is 27.6 Å². The van der Waals surface area contributed by atoms with Gasteiger partial charge in [0.05, 0.1) is 11.3 Å². The fourth-order valence-electron chi connectivity index (χ4n) is 3.71. The molecule has 0 fully saturated rings. The van der Waals surface area contributed by atoms with Crippen LogP contribution in [0.3, 0.4) is 0 Å². The highest BCUT2D eigenvalue weighted by Gasteiger charge is 2.26. The van der Waals surface area contributed by atoms with E-state index in [4.69, 9.17) is 5.11 Å². The van der Waals surface area contributed by atoms with Crippen LogP contribution in [0.15, 0.2) is 34.7 Å². The Labute approximate surface area is 165 Å². The molecule has 8 heteroatoms. The molecule has 0 spiro atoms. The van der Waals surface area contributed by atoms with E-state index < -0.39 is 16.0 Å². The standard InChI is InChI=1S/C20H26N2O5S/c23-19(8-9-20(24)25)22-13-11-16-14-17(6-7-18(16)22)28(26,27)21-12-10-15-4-2-1-3-5-15/h4,6-7,14,21H,1-3,5,8-13H2,(H,24,25). The van der Waals surface area contributed by atoms with Gasteiger partial charge in [-0.05, 0) is 62.3 Å². The van der Waals surface area contributed by atoms with Gasteiger partial charge in [-0.25, -0.2) is 13.1 Å². The number of carbonyl (C=O) groups excluding carboxylic acids is 1. The van der Waals surface area contributed by atoms with Gasteiger partial charge in [0.2, 0.25) is 15.9 Å². The number of nitrogens with zero attached hydrogens (tertiary/aromatic N) is 1. The SMILES string of the molecule is O=C(O)CCC(=O)N1CCc2cc(S(=O)(=O)NCCC3=CCCCC3)ccc21. The number of aliphatic carboxylic acids is 1. The van der Waals surface area contributed by atoms with E-state index in [0.29, 0.717) is 25.2 Å². The maximum atomic E-state index is 12.6. The molecule has 1 amide bonds. The molecule has 1 heterocycles. The van der Waals surface area contributed by atoms with E-state index in [1.165, 1.54) is 29.4 Å². The smallest absolute Gasteiger partial charge is 0.303 e. The normalized spacial score (nSPS) is 16.6. The summed E-state index contributed by atoms with van der Waals surface area (Å²) in [5.74, 6) is -1.26. The predicted octanol–water partition coefficient (Wildman–Crippen LogP) is 2.61. The second-order valence-corrected chi connectivity index (χ2v) is 9.00. The summed E-state index contributed by atoms with van der Waals surface area (Å²) in [7, 11) is -3.60. The molecular weight excluding hydrogens is 380 g/mol. The summed E-state index contributed by atoms with van der Waals surface area (Å²) < 4.78 is 27.8. The summed E-state index contributed by atoms with van der Waals surface area (Å²) in [5.41, 5.74) is 2.78. The van der Waals surface area contributed by atoms with Gasteiger partial charge in [-0.3, -0.25) is 9.59 Å². The van der Waals surface area contributed by atoms with Crippen LogP contribution >= 0.6 is 0 Å². The number of fused-ring (bicyclic) bond motifs is 1. The van der Waals surface area contributed by atoms with Gasteiger partial charge in [-0.15, -0.1) is 0 Å². The number of benzene rings is 1. The van der Waals surface area contributed by atoms with Gasteiger partial charge in [0.25, 0.3) is 0 Å². The Morgan fingerprint density at radius 3 is 2.68 bits per heavy atom. The van der Waals surface area contributed by atoms with Crippen molar-refractivity contribution in [1.29, 1.82) is 0 Å². The number of carboxylic acids is 1. The van der Waals surface area contributed by atoms with Crippen LogP contribution in [-0.4, -0.2) is 38.5 Å². The Morgan fingerprint density at radius 2 is 1.96 bits per heavy atom. The van der Waals surface area contributed by atoms with Crippen LogP contribution in [0.2, 0.25) is 0 Å². The third kappa shape index (κ3) is 4.99. The van der Waals surface area contributed by atoms with E-state index in [-0.39, 0.29) is 23.6 Å². The summed E-state index contributed by atoms with van der Waals surface area (Å²) in [6.07, 6.45) is 7.74. The zero-order chi connectivity index (χ0) is 20.1. The lowest BCUT2D eigenvalue weighted by atomic mass is 9.97. The van der Waals surface area contributed by atoms with Gasteiger partial charge in [0, 0.05) is 25.2 Å². The number of sulfonamides is 1. The fourth-order valence-corrected chi connectivity index (χ4v) is 4.80. The lowest BCUT2D eigenvalue weighted by molar-refractivity contribution is -0.138. The van der Waals surface area contributed by atoms with E-state index in [2.05, 4.69) is 10.8 Å². The predicted molar refractivity (Wildman–Crippen MR) is 106 cm³/mol. The average molecular weight is 407 g/mol. The fraction of sp³-hybridized carbons (Fsp3) is 0.500. The van der Waals surface area contributed by atoms with E-state index in [1.807, 2.05) is 0 Å². The number of carboxylic acid groups (broad SMARTS) is 1. The summed E-state index contributed by atoms with van der Waals surface area (Å²) in [6.45, 7) is 0.823. The maximum absolute atomic E-state index is 12.6. The van der Waals surface area contributed by atoms with Gasteiger partial charge in [0.1, 0.15) is 0 Å². The van der Waals surface area contributed by atoms with Crippen molar-refractivity contribution in [2.24, 2.45) is 0 Å². The molecule has 7 nitrogen and oxygen atoms in total. The van der Waals surface area contributed by atoms with E-state index in [9.17, 15) is 18.0 Å². The average Bonchev–Trinajstić information content (AvgIpc) is 3.10. The van der Waals surface area contributed by atoms with Gasteiger partial charge >= 0.3 is 5.97 Å². The molecule has 1 aromatic rings. The summed E-state index contributed by atoms with van der Waals surface area (Å²) in [5, 5.41) is 8.73. The molecule has 1 aliphatic carbocycles. The second kappa shape index (κ2) is 8.87. The van der Waals surface area contributed by atoms with Gasteiger partial charge in [0.15, 0.2) is 0 Å². The quantitative estimate of drug-likeness (QED) is 0.646. The molecule has 0 unspecified atom stereocenters. The highest BCUT2D eigenvalue weighted by atomic mass is 32.2. The first-order valence-corrected chi connectivity index (χ1v) is 11.2. The monoisotopic (exact) mass is 406 g/mol. The number of hydrogen-bond acceptors (Lipinski definition) is 4. The number of hydrogen-bond donors (Lipinski definition) is 2. The zero-order valence-corrected chi connectivity index (χ0v) is 16.6. The minimum absolute atomic E-state index is 0.0633. The van der Waals surface area contributed by atoms with Crippen molar-refractivity contribution in [1.82, 2.24) is 4.72 Å². The Balaban J connectivity index is 1.63. The number of nitrogens with one attached hydrogen (secondary N) is 1. The highest BCUT2D eigenvalue weighted by Crippen LogP contribution is 2.31. The Bertz CT molecular complexity index is 892. The van der Waals surface area contributed by atoms with Crippen LogP contribution in [0.25, 0.3) is 0 Å². The van der Waals surface area contributed by atoms with Crippen LogP contribution in [0.5, 0.6) is 0 Å². The molecule has 0 saturated carbocycles. The van der Waals surface area contributed by atoms with Crippen LogP contribution in [-0.2, 0) is 26.0 Å². The molecule has 0 radical (unpaired) electrons. The molecular formula is C20H26N2O5S. The van der Waals surface area contributed by atoms with Crippen LogP contribution in [0, 0.1) is 0 Å². The number of allylic oxidation sites excluding steroid dienone is 1. The number of amides is 1. The maximum Gasteiger partial charge on any atom is 0.303 e. The molecule has 2 aliphatic rings. The van der Waals surface area contributed by atoms with Crippen molar-refractivity contribution in [2.45, 2.75) is 56.3 Å². The summed E-state index contributed by atoms with van der Waals surface area (Å²) >= 11 is 0. The number of anilines is 1. The Kier molecular flexibility index (Phi) is 6.51. The molecule has 28 heavy (non-hydrogen) atoms. The number of rotatable bonds is 8.